The zero-order chi connectivity index (χ0) is 14.7. The number of anilines is 1. The van der Waals surface area contributed by atoms with Gasteiger partial charge in [-0.25, -0.2) is 0 Å². The van der Waals surface area contributed by atoms with Gasteiger partial charge in [0.2, 0.25) is 5.91 Å². The minimum absolute atomic E-state index is 0.194. The number of carbonyl (C=O) groups excluding carboxylic acids is 1. The molecule has 0 spiro atoms. The van der Waals surface area contributed by atoms with E-state index in [9.17, 15) is 4.79 Å². The molecule has 0 radical (unpaired) electrons. The van der Waals surface area contributed by atoms with Crippen LogP contribution >= 0.6 is 15.9 Å². The number of halogens is 1. The maximum atomic E-state index is 11.8. The summed E-state index contributed by atoms with van der Waals surface area (Å²) in [7, 11) is 0. The standard InChI is InChI=1S/C17H16BrNO2/c18-14-8-6-13(7-9-14)12-21-16-4-1-3-15(11-16)19-10-2-5-17(19)20/h1,3-4,6-9,11H,2,5,10,12H2. The summed E-state index contributed by atoms with van der Waals surface area (Å²) in [5.74, 6) is 0.982. The average molecular weight is 346 g/mol. The molecule has 1 saturated heterocycles. The Bertz CT molecular complexity index is 639. The zero-order valence-corrected chi connectivity index (χ0v) is 13.2. The summed E-state index contributed by atoms with van der Waals surface area (Å²) >= 11 is 3.42. The van der Waals surface area contributed by atoms with E-state index in [1.165, 1.54) is 0 Å². The molecule has 1 amide bonds. The number of hydrogen-bond donors (Lipinski definition) is 0. The van der Waals surface area contributed by atoms with Crippen molar-refractivity contribution in [2.45, 2.75) is 19.4 Å². The van der Waals surface area contributed by atoms with Crippen molar-refractivity contribution >= 4 is 27.5 Å². The fourth-order valence-electron chi connectivity index (χ4n) is 2.41. The highest BCUT2D eigenvalue weighted by Gasteiger charge is 2.21. The van der Waals surface area contributed by atoms with E-state index in [4.69, 9.17) is 4.74 Å². The van der Waals surface area contributed by atoms with Crippen molar-refractivity contribution < 1.29 is 9.53 Å². The van der Waals surface area contributed by atoms with Crippen LogP contribution in [0.1, 0.15) is 18.4 Å². The molecule has 0 aromatic heterocycles. The summed E-state index contributed by atoms with van der Waals surface area (Å²) in [5, 5.41) is 0. The molecule has 108 valence electrons. The molecule has 0 unspecified atom stereocenters. The Hall–Kier alpha value is -1.81. The van der Waals surface area contributed by atoms with Gasteiger partial charge in [-0.3, -0.25) is 4.79 Å². The van der Waals surface area contributed by atoms with Crippen LogP contribution in [-0.2, 0) is 11.4 Å². The van der Waals surface area contributed by atoms with Crippen molar-refractivity contribution in [1.82, 2.24) is 0 Å². The second-order valence-corrected chi connectivity index (χ2v) is 5.98. The van der Waals surface area contributed by atoms with Gasteiger partial charge in [0.15, 0.2) is 0 Å². The van der Waals surface area contributed by atoms with Crippen LogP contribution in [0.4, 0.5) is 5.69 Å². The summed E-state index contributed by atoms with van der Waals surface area (Å²) in [5.41, 5.74) is 2.03. The lowest BCUT2D eigenvalue weighted by Crippen LogP contribution is -2.23. The summed E-state index contributed by atoms with van der Waals surface area (Å²) < 4.78 is 6.87. The molecule has 1 aliphatic heterocycles. The smallest absolute Gasteiger partial charge is 0.227 e. The molecule has 3 nitrogen and oxygen atoms in total. The van der Waals surface area contributed by atoms with Gasteiger partial charge in [0, 0.05) is 29.2 Å². The van der Waals surface area contributed by atoms with Crippen molar-refractivity contribution in [1.29, 1.82) is 0 Å². The Kier molecular flexibility index (Phi) is 4.25. The maximum Gasteiger partial charge on any atom is 0.227 e. The first-order chi connectivity index (χ1) is 10.2. The average Bonchev–Trinajstić information content (AvgIpc) is 2.93. The molecular weight excluding hydrogens is 330 g/mol. The van der Waals surface area contributed by atoms with E-state index in [1.807, 2.05) is 53.4 Å². The predicted molar refractivity (Wildman–Crippen MR) is 86.5 cm³/mol. The third-order valence-corrected chi connectivity index (χ3v) is 4.05. The second-order valence-electron chi connectivity index (χ2n) is 5.06. The van der Waals surface area contributed by atoms with E-state index in [1.54, 1.807) is 0 Å². The van der Waals surface area contributed by atoms with Gasteiger partial charge >= 0.3 is 0 Å². The molecule has 0 saturated carbocycles. The lowest BCUT2D eigenvalue weighted by atomic mass is 10.2. The van der Waals surface area contributed by atoms with E-state index < -0.39 is 0 Å². The van der Waals surface area contributed by atoms with Gasteiger partial charge in [-0.05, 0) is 36.2 Å². The monoisotopic (exact) mass is 345 g/mol. The Morgan fingerprint density at radius 3 is 2.67 bits per heavy atom. The molecular formula is C17H16BrNO2. The molecule has 2 aromatic rings. The largest absolute Gasteiger partial charge is 0.489 e. The van der Waals surface area contributed by atoms with E-state index in [0.717, 1.165) is 34.4 Å². The predicted octanol–water partition coefficient (Wildman–Crippen LogP) is 4.15. The summed E-state index contributed by atoms with van der Waals surface area (Å²) in [6, 6.07) is 15.8. The lowest BCUT2D eigenvalue weighted by molar-refractivity contribution is -0.117. The third-order valence-electron chi connectivity index (χ3n) is 3.52. The number of amides is 1. The van der Waals surface area contributed by atoms with Crippen LogP contribution in [0.25, 0.3) is 0 Å². The quantitative estimate of drug-likeness (QED) is 0.832. The Labute approximate surface area is 132 Å². The fraction of sp³-hybridized carbons (Fsp3) is 0.235. The van der Waals surface area contributed by atoms with Crippen LogP contribution < -0.4 is 9.64 Å². The Morgan fingerprint density at radius 2 is 1.95 bits per heavy atom. The van der Waals surface area contributed by atoms with Crippen molar-refractivity contribution in [2.24, 2.45) is 0 Å². The lowest BCUT2D eigenvalue weighted by Gasteiger charge is -2.16. The minimum Gasteiger partial charge on any atom is -0.489 e. The van der Waals surface area contributed by atoms with E-state index in [0.29, 0.717) is 13.0 Å². The number of hydrogen-bond acceptors (Lipinski definition) is 2. The fourth-order valence-corrected chi connectivity index (χ4v) is 2.67. The van der Waals surface area contributed by atoms with E-state index in [2.05, 4.69) is 15.9 Å². The van der Waals surface area contributed by atoms with Crippen molar-refractivity contribution in [3.8, 4) is 5.75 Å². The van der Waals surface area contributed by atoms with Crippen LogP contribution in [0.2, 0.25) is 0 Å². The van der Waals surface area contributed by atoms with Gasteiger partial charge in [-0.2, -0.15) is 0 Å². The topological polar surface area (TPSA) is 29.5 Å². The van der Waals surface area contributed by atoms with Crippen molar-refractivity contribution in [3.63, 3.8) is 0 Å². The molecule has 0 atom stereocenters. The van der Waals surface area contributed by atoms with E-state index >= 15 is 0 Å². The third kappa shape index (κ3) is 3.45. The van der Waals surface area contributed by atoms with Crippen LogP contribution in [-0.4, -0.2) is 12.5 Å². The number of carbonyl (C=O) groups is 1. The summed E-state index contributed by atoms with van der Waals surface area (Å²) in [6.07, 6.45) is 1.58. The molecule has 1 heterocycles. The summed E-state index contributed by atoms with van der Waals surface area (Å²) in [4.78, 5) is 13.6. The number of nitrogens with zero attached hydrogens (tertiary/aromatic N) is 1. The molecule has 3 rings (SSSR count). The van der Waals surface area contributed by atoms with Crippen molar-refractivity contribution in [2.75, 3.05) is 11.4 Å². The normalized spacial score (nSPS) is 14.5. The Morgan fingerprint density at radius 1 is 1.14 bits per heavy atom. The molecule has 1 aliphatic rings. The number of rotatable bonds is 4. The molecule has 4 heteroatoms. The highest BCUT2D eigenvalue weighted by Crippen LogP contribution is 2.25. The SMILES string of the molecule is O=C1CCCN1c1cccc(OCc2ccc(Br)cc2)c1. The van der Waals surface area contributed by atoms with Crippen molar-refractivity contribution in [3.05, 3.63) is 58.6 Å². The maximum absolute atomic E-state index is 11.8. The molecule has 2 aromatic carbocycles. The molecule has 0 aliphatic carbocycles. The molecule has 1 fully saturated rings. The van der Waals surface area contributed by atoms with Crippen LogP contribution in [0.3, 0.4) is 0 Å². The first-order valence-electron chi connectivity index (χ1n) is 7.00. The molecule has 0 N–H and O–H groups in total. The van der Waals surface area contributed by atoms with Crippen LogP contribution in [0.15, 0.2) is 53.0 Å². The Balaban J connectivity index is 1.68. The van der Waals surface area contributed by atoms with E-state index in [-0.39, 0.29) is 5.91 Å². The van der Waals surface area contributed by atoms with Gasteiger partial charge in [-0.15, -0.1) is 0 Å². The number of benzene rings is 2. The second kappa shape index (κ2) is 6.31. The molecule has 21 heavy (non-hydrogen) atoms. The highest BCUT2D eigenvalue weighted by molar-refractivity contribution is 9.10. The van der Waals surface area contributed by atoms with Gasteiger partial charge in [-0.1, -0.05) is 34.1 Å². The first-order valence-corrected chi connectivity index (χ1v) is 7.79. The van der Waals surface area contributed by atoms with Crippen LogP contribution in [0, 0.1) is 0 Å². The highest BCUT2D eigenvalue weighted by atomic mass is 79.9. The minimum atomic E-state index is 0.194. The first kappa shape index (κ1) is 14.1. The van der Waals surface area contributed by atoms with Gasteiger partial charge < -0.3 is 9.64 Å². The zero-order valence-electron chi connectivity index (χ0n) is 11.6. The van der Waals surface area contributed by atoms with Gasteiger partial charge in [0.1, 0.15) is 12.4 Å². The molecule has 0 bridgehead atoms. The number of ether oxygens (including phenoxy) is 1. The van der Waals surface area contributed by atoms with Crippen LogP contribution in [0.5, 0.6) is 5.75 Å². The van der Waals surface area contributed by atoms with Gasteiger partial charge in [0.25, 0.3) is 0 Å². The van der Waals surface area contributed by atoms with Gasteiger partial charge in [0.05, 0.1) is 0 Å². The summed E-state index contributed by atoms with van der Waals surface area (Å²) in [6.45, 7) is 1.32.